The lowest BCUT2D eigenvalue weighted by Gasteiger charge is -2.08. The van der Waals surface area contributed by atoms with E-state index in [0.717, 1.165) is 0 Å². The zero-order valence-electron chi connectivity index (χ0n) is 8.43. The molecule has 16 heavy (non-hydrogen) atoms. The topological polar surface area (TPSA) is 42.0 Å². The maximum atomic E-state index is 11.8. The molecule has 0 bridgehead atoms. The van der Waals surface area contributed by atoms with Crippen molar-refractivity contribution in [3.05, 3.63) is 23.5 Å². The minimum Gasteiger partial charge on any atom is -0.343 e. The van der Waals surface area contributed by atoms with Crippen molar-refractivity contribution in [2.45, 2.75) is 19.6 Å². The van der Waals surface area contributed by atoms with E-state index in [1.165, 1.54) is 12.1 Å². The van der Waals surface area contributed by atoms with Gasteiger partial charge in [-0.25, -0.2) is 0 Å². The SMILES string of the molecule is [B]c1ccc(CNC(=O)C(F)(F)F)nc1C. The van der Waals surface area contributed by atoms with Crippen LogP contribution in [0.25, 0.3) is 0 Å². The molecule has 0 unspecified atom stereocenters. The lowest BCUT2D eigenvalue weighted by molar-refractivity contribution is -0.173. The van der Waals surface area contributed by atoms with Crippen molar-refractivity contribution < 1.29 is 18.0 Å². The van der Waals surface area contributed by atoms with E-state index in [1.807, 2.05) is 0 Å². The highest BCUT2D eigenvalue weighted by Crippen LogP contribution is 2.14. The Kier molecular flexibility index (Phi) is 3.56. The number of halogens is 3. The molecule has 0 spiro atoms. The standard InChI is InChI=1S/C9H8BF3N2O/c1-5-7(10)3-2-6(15-5)4-14-8(16)9(11,12)13/h2-3H,4H2,1H3,(H,14,16). The van der Waals surface area contributed by atoms with E-state index in [4.69, 9.17) is 7.85 Å². The number of rotatable bonds is 2. The van der Waals surface area contributed by atoms with Gasteiger partial charge in [-0.1, -0.05) is 11.5 Å². The number of pyridine rings is 1. The van der Waals surface area contributed by atoms with E-state index in [1.54, 1.807) is 12.2 Å². The van der Waals surface area contributed by atoms with Crippen molar-refractivity contribution in [2.75, 3.05) is 0 Å². The summed E-state index contributed by atoms with van der Waals surface area (Å²) in [4.78, 5) is 14.4. The molecule has 0 aliphatic carbocycles. The molecule has 0 saturated carbocycles. The predicted molar refractivity (Wildman–Crippen MR) is 52.3 cm³/mol. The monoisotopic (exact) mass is 228 g/mol. The molecular weight excluding hydrogens is 220 g/mol. The first-order chi connectivity index (χ1) is 7.30. The maximum Gasteiger partial charge on any atom is 0.471 e. The van der Waals surface area contributed by atoms with Crippen molar-refractivity contribution in [2.24, 2.45) is 0 Å². The predicted octanol–water partition coefficient (Wildman–Crippen LogP) is 0.362. The van der Waals surface area contributed by atoms with Crippen LogP contribution in [0.1, 0.15) is 11.4 Å². The van der Waals surface area contributed by atoms with Gasteiger partial charge in [0.1, 0.15) is 7.85 Å². The van der Waals surface area contributed by atoms with Crippen molar-refractivity contribution in [1.29, 1.82) is 0 Å². The fourth-order valence-electron chi connectivity index (χ4n) is 0.993. The number of carbonyl (C=O) groups excluding carboxylic acids is 1. The summed E-state index contributed by atoms with van der Waals surface area (Å²) in [6.45, 7) is 1.35. The normalized spacial score (nSPS) is 11.2. The van der Waals surface area contributed by atoms with Gasteiger partial charge in [-0.2, -0.15) is 13.2 Å². The molecular formula is C9H8BF3N2O. The highest BCUT2D eigenvalue weighted by Gasteiger charge is 2.38. The lowest BCUT2D eigenvalue weighted by atomic mass is 9.94. The van der Waals surface area contributed by atoms with E-state index < -0.39 is 12.1 Å². The van der Waals surface area contributed by atoms with Gasteiger partial charge in [0.25, 0.3) is 0 Å². The largest absolute Gasteiger partial charge is 0.471 e. The Bertz CT molecular complexity index is 406. The lowest BCUT2D eigenvalue weighted by Crippen LogP contribution is -2.36. The number of carbonyl (C=O) groups is 1. The molecule has 3 nitrogen and oxygen atoms in total. The Labute approximate surface area is 91.5 Å². The maximum absolute atomic E-state index is 11.8. The zero-order valence-corrected chi connectivity index (χ0v) is 8.43. The second-order valence-corrected chi connectivity index (χ2v) is 3.16. The summed E-state index contributed by atoms with van der Waals surface area (Å²) in [7, 11) is 5.48. The van der Waals surface area contributed by atoms with Crippen LogP contribution in [0.3, 0.4) is 0 Å². The molecule has 84 valence electrons. The first-order valence-electron chi connectivity index (χ1n) is 4.37. The minimum atomic E-state index is -4.87. The fourth-order valence-corrected chi connectivity index (χ4v) is 0.993. The number of aryl methyl sites for hydroxylation is 1. The molecule has 0 saturated heterocycles. The van der Waals surface area contributed by atoms with Gasteiger partial charge in [-0.3, -0.25) is 9.78 Å². The Morgan fingerprint density at radius 3 is 2.62 bits per heavy atom. The Morgan fingerprint density at radius 2 is 2.12 bits per heavy atom. The minimum absolute atomic E-state index is 0.278. The smallest absolute Gasteiger partial charge is 0.343 e. The molecule has 1 amide bonds. The first-order valence-corrected chi connectivity index (χ1v) is 4.37. The number of nitrogens with zero attached hydrogens (tertiary/aromatic N) is 1. The third-order valence-corrected chi connectivity index (χ3v) is 1.87. The summed E-state index contributed by atoms with van der Waals surface area (Å²) in [5.41, 5.74) is 1.29. The molecule has 0 aliphatic rings. The summed E-state index contributed by atoms with van der Waals surface area (Å²) in [5, 5.41) is 1.72. The summed E-state index contributed by atoms with van der Waals surface area (Å²) in [6, 6.07) is 2.98. The molecule has 7 heteroatoms. The van der Waals surface area contributed by atoms with Gasteiger partial charge >= 0.3 is 12.1 Å². The van der Waals surface area contributed by atoms with Gasteiger partial charge in [0.15, 0.2) is 0 Å². The molecule has 0 aliphatic heterocycles. The number of amides is 1. The van der Waals surface area contributed by atoms with E-state index in [-0.39, 0.29) is 6.54 Å². The van der Waals surface area contributed by atoms with Gasteiger partial charge in [0.2, 0.25) is 0 Å². The van der Waals surface area contributed by atoms with Gasteiger partial charge < -0.3 is 5.32 Å². The van der Waals surface area contributed by atoms with Crippen LogP contribution in [0.4, 0.5) is 13.2 Å². The summed E-state index contributed by atoms with van der Waals surface area (Å²) in [6.07, 6.45) is -4.87. The molecule has 2 radical (unpaired) electrons. The third-order valence-electron chi connectivity index (χ3n) is 1.87. The van der Waals surface area contributed by atoms with Crippen LogP contribution in [0, 0.1) is 6.92 Å². The number of hydrogen-bond donors (Lipinski definition) is 1. The van der Waals surface area contributed by atoms with Crippen molar-refractivity contribution in [1.82, 2.24) is 10.3 Å². The molecule has 1 aromatic rings. The van der Waals surface area contributed by atoms with Crippen molar-refractivity contribution in [3.63, 3.8) is 0 Å². The zero-order chi connectivity index (χ0) is 12.3. The summed E-state index contributed by atoms with van der Waals surface area (Å²) in [5.74, 6) is -1.98. The Morgan fingerprint density at radius 1 is 1.50 bits per heavy atom. The molecule has 1 aromatic heterocycles. The van der Waals surface area contributed by atoms with Gasteiger partial charge in [-0.05, 0) is 13.0 Å². The Balaban J connectivity index is 2.62. The summed E-state index contributed by atoms with van der Waals surface area (Å²) >= 11 is 0. The molecule has 1 heterocycles. The average molecular weight is 228 g/mol. The Hall–Kier alpha value is -1.53. The van der Waals surface area contributed by atoms with Crippen molar-refractivity contribution >= 4 is 19.2 Å². The molecule has 1 rings (SSSR count). The number of hydrogen-bond acceptors (Lipinski definition) is 2. The average Bonchev–Trinajstić information content (AvgIpc) is 2.18. The van der Waals surface area contributed by atoms with Crippen LogP contribution >= 0.6 is 0 Å². The van der Waals surface area contributed by atoms with E-state index in [2.05, 4.69) is 4.98 Å². The number of alkyl halides is 3. The molecule has 1 N–H and O–H groups in total. The highest BCUT2D eigenvalue weighted by atomic mass is 19.4. The molecule has 0 fully saturated rings. The van der Waals surface area contributed by atoms with Crippen LogP contribution in [0.2, 0.25) is 0 Å². The van der Waals surface area contributed by atoms with Crippen molar-refractivity contribution in [3.8, 4) is 0 Å². The van der Waals surface area contributed by atoms with Crippen LogP contribution < -0.4 is 10.8 Å². The highest BCUT2D eigenvalue weighted by molar-refractivity contribution is 6.32. The third kappa shape index (κ3) is 3.25. The number of aromatic nitrogens is 1. The molecule has 0 aromatic carbocycles. The van der Waals surface area contributed by atoms with Crippen LogP contribution in [0.15, 0.2) is 12.1 Å². The molecule has 0 atom stereocenters. The van der Waals surface area contributed by atoms with Gasteiger partial charge in [0, 0.05) is 5.69 Å². The van der Waals surface area contributed by atoms with Crippen LogP contribution in [-0.2, 0) is 11.3 Å². The quantitative estimate of drug-likeness (QED) is 0.742. The second kappa shape index (κ2) is 4.55. The van der Waals surface area contributed by atoms with Crippen LogP contribution in [0.5, 0.6) is 0 Å². The van der Waals surface area contributed by atoms with Gasteiger partial charge in [0.05, 0.1) is 12.2 Å². The fraction of sp³-hybridized carbons (Fsp3) is 0.333. The van der Waals surface area contributed by atoms with E-state index in [0.29, 0.717) is 16.9 Å². The summed E-state index contributed by atoms with van der Waals surface area (Å²) < 4.78 is 35.5. The second-order valence-electron chi connectivity index (χ2n) is 3.16. The van der Waals surface area contributed by atoms with Gasteiger partial charge in [-0.15, -0.1) is 0 Å². The van der Waals surface area contributed by atoms with E-state index in [9.17, 15) is 18.0 Å². The first kappa shape index (κ1) is 12.5. The van der Waals surface area contributed by atoms with Crippen LogP contribution in [-0.4, -0.2) is 24.9 Å². The number of nitrogens with one attached hydrogen (secondary N) is 1. The van der Waals surface area contributed by atoms with E-state index >= 15 is 0 Å².